The Balaban J connectivity index is 1.79. The highest BCUT2D eigenvalue weighted by atomic mass is 35.5. The zero-order valence-electron chi connectivity index (χ0n) is 15.1. The maximum Gasteiger partial charge on any atom is 0.441 e. The molecule has 0 atom stereocenters. The van der Waals surface area contributed by atoms with Crippen molar-refractivity contribution in [3.8, 4) is 10.6 Å². The van der Waals surface area contributed by atoms with Crippen molar-refractivity contribution in [1.82, 2.24) is 14.9 Å². The van der Waals surface area contributed by atoms with Crippen LogP contribution in [0.3, 0.4) is 0 Å². The van der Waals surface area contributed by atoms with Crippen molar-refractivity contribution in [3.63, 3.8) is 0 Å². The number of carbonyl (C=O) groups excluding carboxylic acids is 1. The quantitative estimate of drug-likeness (QED) is 0.316. The molecule has 1 aromatic carbocycles. The molecule has 6 nitrogen and oxygen atoms in total. The van der Waals surface area contributed by atoms with Gasteiger partial charge in [-0.05, 0) is 22.9 Å². The van der Waals surface area contributed by atoms with Crippen LogP contribution in [0.2, 0.25) is 5.02 Å². The van der Waals surface area contributed by atoms with Crippen molar-refractivity contribution >= 4 is 39.9 Å². The number of fused-ring (bicyclic) bond motifs is 1. The van der Waals surface area contributed by atoms with Gasteiger partial charge in [0.25, 0.3) is 0 Å². The Labute approximate surface area is 170 Å². The van der Waals surface area contributed by atoms with Gasteiger partial charge < -0.3 is 10.1 Å². The van der Waals surface area contributed by atoms with Crippen LogP contribution >= 0.6 is 22.9 Å². The van der Waals surface area contributed by atoms with Crippen molar-refractivity contribution in [2.24, 2.45) is 0 Å². The molecule has 1 N–H and O–H groups in total. The molecule has 1 amide bonds. The van der Waals surface area contributed by atoms with Crippen LogP contribution in [0, 0.1) is 6.10 Å². The van der Waals surface area contributed by atoms with Crippen molar-refractivity contribution in [1.29, 1.82) is 0 Å². The summed E-state index contributed by atoms with van der Waals surface area (Å²) in [6, 6.07) is 8.74. The third-order valence-corrected chi connectivity index (χ3v) is 5.39. The van der Waals surface area contributed by atoms with Gasteiger partial charge in [0.05, 0.1) is 14.1 Å². The maximum atomic E-state index is 12.6. The molecular formula is C20H16ClN4O2S-. The third-order valence-electron chi connectivity index (χ3n) is 4.27. The minimum Gasteiger partial charge on any atom is -0.419 e. The second kappa shape index (κ2) is 7.27. The highest BCUT2D eigenvalue weighted by Gasteiger charge is 2.19. The molecule has 0 fully saturated rings. The Kier molecular flexibility index (Phi) is 4.80. The number of pyridine rings is 1. The van der Waals surface area contributed by atoms with Crippen LogP contribution < -0.4 is 4.57 Å². The Hall–Kier alpha value is -2.87. The summed E-state index contributed by atoms with van der Waals surface area (Å²) in [5, 5.41) is 14.7. The first-order valence-corrected chi connectivity index (χ1v) is 9.66. The summed E-state index contributed by atoms with van der Waals surface area (Å²) >= 11 is 7.54. The van der Waals surface area contributed by atoms with E-state index in [4.69, 9.17) is 11.6 Å². The van der Waals surface area contributed by atoms with Gasteiger partial charge >= 0.3 is 6.03 Å². The summed E-state index contributed by atoms with van der Waals surface area (Å²) in [4.78, 5) is 22.7. The van der Waals surface area contributed by atoms with E-state index in [1.165, 1.54) is 20.8 Å². The first-order valence-electron chi connectivity index (χ1n) is 8.40. The van der Waals surface area contributed by atoms with Gasteiger partial charge in [-0.2, -0.15) is 6.07 Å². The minimum absolute atomic E-state index is 0.00372. The molecule has 0 saturated heterocycles. The monoisotopic (exact) mass is 411 g/mol. The Bertz CT molecular complexity index is 1150. The predicted octanol–water partition coefficient (Wildman–Crippen LogP) is 3.85. The number of hydrogen-bond donors (Lipinski definition) is 1. The van der Waals surface area contributed by atoms with E-state index in [0.717, 1.165) is 10.6 Å². The fourth-order valence-corrected chi connectivity index (χ4v) is 3.87. The molecule has 0 saturated carbocycles. The fraction of sp³-hybridized carbons (Fsp3) is 0.100. The molecule has 0 spiro atoms. The van der Waals surface area contributed by atoms with Gasteiger partial charge in [0.15, 0.2) is 11.3 Å². The SMILES string of the molecule is CN(C)C(=O)[n+]1cc([C-](O)c2c[s+][c-](-c3cccnc3)n2)c2ccc(Cl)c[c-]21. The predicted molar refractivity (Wildman–Crippen MR) is 108 cm³/mol. The summed E-state index contributed by atoms with van der Waals surface area (Å²) in [5.41, 5.74) is 2.46. The topological polar surface area (TPSA) is 70.2 Å². The van der Waals surface area contributed by atoms with Crippen LogP contribution in [0.15, 0.2) is 54.3 Å². The third kappa shape index (κ3) is 3.24. The summed E-state index contributed by atoms with van der Waals surface area (Å²) in [7, 11) is 3.34. The van der Waals surface area contributed by atoms with E-state index in [-0.39, 0.29) is 12.1 Å². The first kappa shape index (κ1) is 18.5. The molecule has 28 heavy (non-hydrogen) atoms. The summed E-state index contributed by atoms with van der Waals surface area (Å²) in [6.07, 6.45) is 5.04. The van der Waals surface area contributed by atoms with E-state index in [1.54, 1.807) is 56.3 Å². The average Bonchev–Trinajstić information content (AvgIpc) is 3.32. The van der Waals surface area contributed by atoms with Gasteiger partial charge in [-0.15, -0.1) is 34.7 Å². The van der Waals surface area contributed by atoms with E-state index in [1.807, 2.05) is 12.1 Å². The Morgan fingerprint density at radius 1 is 1.36 bits per heavy atom. The number of aliphatic hydroxyl groups excluding tert-OH is 1. The lowest BCUT2D eigenvalue weighted by Crippen LogP contribution is -2.48. The van der Waals surface area contributed by atoms with E-state index in [9.17, 15) is 9.90 Å². The fourth-order valence-electron chi connectivity index (χ4n) is 2.90. The van der Waals surface area contributed by atoms with Gasteiger partial charge in [0, 0.05) is 23.6 Å². The molecular weight excluding hydrogens is 396 g/mol. The van der Waals surface area contributed by atoms with Crippen molar-refractivity contribution < 1.29 is 14.5 Å². The van der Waals surface area contributed by atoms with Crippen LogP contribution in [0.5, 0.6) is 0 Å². The van der Waals surface area contributed by atoms with Gasteiger partial charge in [-0.1, -0.05) is 12.1 Å². The number of hydrogen-bond acceptors (Lipinski definition) is 4. The van der Waals surface area contributed by atoms with Crippen molar-refractivity contribution in [2.45, 2.75) is 0 Å². The number of aliphatic hydroxyl groups is 1. The average molecular weight is 412 g/mol. The van der Waals surface area contributed by atoms with E-state index in [2.05, 4.69) is 9.97 Å². The Morgan fingerprint density at radius 2 is 2.18 bits per heavy atom. The number of thiazole rings is 1. The minimum atomic E-state index is -0.236. The van der Waals surface area contributed by atoms with E-state index in [0.29, 0.717) is 27.2 Å². The molecule has 0 radical (unpaired) electrons. The number of amides is 1. The summed E-state index contributed by atoms with van der Waals surface area (Å²) in [5.74, 6) is 0. The number of aromatic nitrogens is 3. The van der Waals surface area contributed by atoms with Gasteiger partial charge in [0.1, 0.15) is 5.38 Å². The number of halogens is 1. The molecule has 0 aliphatic carbocycles. The highest BCUT2D eigenvalue weighted by molar-refractivity contribution is 7.13. The zero-order chi connectivity index (χ0) is 19.8. The normalized spacial score (nSPS) is 11.0. The first-order chi connectivity index (χ1) is 13.5. The summed E-state index contributed by atoms with van der Waals surface area (Å²) in [6.45, 7) is 0. The van der Waals surface area contributed by atoms with Gasteiger partial charge in [0.2, 0.25) is 5.01 Å². The molecule has 142 valence electrons. The smallest absolute Gasteiger partial charge is 0.419 e. The van der Waals surface area contributed by atoms with Crippen LogP contribution in [-0.2, 0) is 0 Å². The highest BCUT2D eigenvalue weighted by Crippen LogP contribution is 2.32. The zero-order valence-corrected chi connectivity index (χ0v) is 16.7. The molecule has 0 bridgehead atoms. The molecule has 0 unspecified atom stereocenters. The van der Waals surface area contributed by atoms with E-state index < -0.39 is 0 Å². The molecule has 0 aliphatic rings. The molecule has 3 heterocycles. The second-order valence-corrected chi connectivity index (χ2v) is 7.67. The van der Waals surface area contributed by atoms with Crippen LogP contribution in [-0.4, -0.2) is 40.1 Å². The lowest BCUT2D eigenvalue weighted by Gasteiger charge is -2.16. The molecule has 0 aliphatic heterocycles. The van der Waals surface area contributed by atoms with Gasteiger partial charge in [-0.25, -0.2) is 4.79 Å². The summed E-state index contributed by atoms with van der Waals surface area (Å²) < 4.78 is 1.47. The number of rotatable bonds is 3. The second-order valence-electron chi connectivity index (χ2n) is 6.38. The number of carbonyl (C=O) groups is 1. The molecule has 8 heteroatoms. The van der Waals surface area contributed by atoms with Gasteiger partial charge in [-0.3, -0.25) is 14.5 Å². The van der Waals surface area contributed by atoms with Crippen LogP contribution in [0.4, 0.5) is 4.79 Å². The molecule has 4 rings (SSSR count). The van der Waals surface area contributed by atoms with Crippen LogP contribution in [0.25, 0.3) is 21.5 Å². The number of benzene rings is 1. The van der Waals surface area contributed by atoms with Crippen molar-refractivity contribution in [3.05, 3.63) is 76.7 Å². The lowest BCUT2D eigenvalue weighted by molar-refractivity contribution is -0.547. The van der Waals surface area contributed by atoms with Crippen molar-refractivity contribution in [2.75, 3.05) is 14.1 Å². The van der Waals surface area contributed by atoms with E-state index >= 15 is 0 Å². The standard InChI is InChI=1S/C20H16ClN4O2S/c1-24(2)20(27)25-10-15(14-6-5-13(21)8-17(14)25)18(26)16-11-28-19(23-16)12-4-3-7-22-9-12/h3-11,26H,1-2H3/q-1. The number of nitrogens with zero attached hydrogens (tertiary/aromatic N) is 4. The maximum absolute atomic E-state index is 12.6. The largest absolute Gasteiger partial charge is 0.441 e. The molecule has 3 aromatic heterocycles. The Morgan fingerprint density at radius 3 is 2.89 bits per heavy atom. The lowest BCUT2D eigenvalue weighted by atomic mass is 10.1. The van der Waals surface area contributed by atoms with Crippen LogP contribution in [0.1, 0.15) is 11.3 Å². The molecule has 4 aromatic rings.